The number of amides is 1. The van der Waals surface area contributed by atoms with E-state index in [2.05, 4.69) is 27.6 Å². The average molecular weight is 459 g/mol. The zero-order valence-electron chi connectivity index (χ0n) is 18.7. The molecule has 2 heterocycles. The van der Waals surface area contributed by atoms with Crippen LogP contribution < -0.4 is 15.4 Å². The van der Waals surface area contributed by atoms with Crippen molar-refractivity contribution in [2.75, 3.05) is 37.9 Å². The Labute approximate surface area is 192 Å². The molecule has 10 heteroatoms. The third kappa shape index (κ3) is 6.57. The predicted octanol–water partition coefficient (Wildman–Crippen LogP) is 2.97. The first kappa shape index (κ1) is 23.8. The van der Waals surface area contributed by atoms with Crippen molar-refractivity contribution in [3.05, 3.63) is 36.5 Å². The number of benzene rings is 1. The average Bonchev–Trinajstić information content (AvgIpc) is 3.21. The summed E-state index contributed by atoms with van der Waals surface area (Å²) < 4.78 is 12.6. The molecule has 1 aromatic carbocycles. The minimum Gasteiger partial charge on any atom is -0.481 e. The number of aromatic nitrogens is 4. The summed E-state index contributed by atoms with van der Waals surface area (Å²) in [6.45, 7) is 5.96. The van der Waals surface area contributed by atoms with Gasteiger partial charge in [-0.3, -0.25) is 4.79 Å². The van der Waals surface area contributed by atoms with E-state index in [-0.39, 0.29) is 5.91 Å². The maximum absolute atomic E-state index is 12.4. The van der Waals surface area contributed by atoms with Crippen LogP contribution in [0.3, 0.4) is 0 Å². The van der Waals surface area contributed by atoms with Gasteiger partial charge in [-0.2, -0.15) is 5.10 Å². The van der Waals surface area contributed by atoms with Crippen molar-refractivity contribution in [3.63, 3.8) is 0 Å². The Bertz CT molecular complexity index is 998. The highest BCUT2D eigenvalue weighted by Gasteiger charge is 2.16. The molecule has 0 spiro atoms. The largest absolute Gasteiger partial charge is 0.481 e. The van der Waals surface area contributed by atoms with Crippen LogP contribution in [0.4, 0.5) is 5.82 Å². The second-order valence-corrected chi connectivity index (χ2v) is 8.15. The molecule has 9 nitrogen and oxygen atoms in total. The Morgan fingerprint density at radius 2 is 2.03 bits per heavy atom. The van der Waals surface area contributed by atoms with Gasteiger partial charge in [0.2, 0.25) is 0 Å². The van der Waals surface area contributed by atoms with Gasteiger partial charge in [0.25, 0.3) is 5.91 Å². The Morgan fingerprint density at radius 3 is 2.78 bits per heavy atom. The van der Waals surface area contributed by atoms with Crippen LogP contribution in [0, 0.1) is 0 Å². The lowest BCUT2D eigenvalue weighted by atomic mass is 10.3. The number of ether oxygens (including phenoxy) is 2. The van der Waals surface area contributed by atoms with Crippen molar-refractivity contribution in [2.45, 2.75) is 38.1 Å². The van der Waals surface area contributed by atoms with Crippen LogP contribution in [-0.4, -0.2) is 64.3 Å². The van der Waals surface area contributed by atoms with E-state index in [1.807, 2.05) is 30.3 Å². The number of methoxy groups -OCH3 is 1. The van der Waals surface area contributed by atoms with Gasteiger partial charge in [0.05, 0.1) is 24.7 Å². The topological polar surface area (TPSA) is 103 Å². The normalized spacial score (nSPS) is 12.0. The lowest BCUT2D eigenvalue weighted by Crippen LogP contribution is -2.38. The second-order valence-electron chi connectivity index (χ2n) is 7.09. The molecule has 172 valence electrons. The Morgan fingerprint density at radius 1 is 1.22 bits per heavy atom. The molecule has 0 fully saturated rings. The van der Waals surface area contributed by atoms with Crippen molar-refractivity contribution in [2.24, 2.45) is 0 Å². The van der Waals surface area contributed by atoms with Gasteiger partial charge in [-0.05, 0) is 25.5 Å². The number of para-hydroxylation sites is 1. The summed E-state index contributed by atoms with van der Waals surface area (Å²) in [6, 6.07) is 9.30. The third-order valence-corrected chi connectivity index (χ3v) is 5.61. The molecule has 0 saturated heterocycles. The Kier molecular flexibility index (Phi) is 9.12. The second kappa shape index (κ2) is 12.3. The van der Waals surface area contributed by atoms with Gasteiger partial charge < -0.3 is 20.1 Å². The quantitative estimate of drug-likeness (QED) is 0.229. The molecule has 0 aliphatic rings. The molecule has 0 saturated carbocycles. The summed E-state index contributed by atoms with van der Waals surface area (Å²) in [6.07, 6.45) is 2.19. The number of nitrogens with zero attached hydrogens (tertiary/aromatic N) is 4. The van der Waals surface area contributed by atoms with Crippen molar-refractivity contribution >= 4 is 34.5 Å². The van der Waals surface area contributed by atoms with E-state index in [4.69, 9.17) is 14.5 Å². The summed E-state index contributed by atoms with van der Waals surface area (Å²) in [5.41, 5.74) is 0.737. The van der Waals surface area contributed by atoms with Crippen LogP contribution in [0.15, 0.2) is 41.7 Å². The van der Waals surface area contributed by atoms with Gasteiger partial charge in [0.1, 0.15) is 11.6 Å². The van der Waals surface area contributed by atoms with Gasteiger partial charge in [0.15, 0.2) is 16.9 Å². The van der Waals surface area contributed by atoms with Crippen LogP contribution >= 0.6 is 11.8 Å². The van der Waals surface area contributed by atoms with Crippen LogP contribution in [0.1, 0.15) is 20.3 Å². The zero-order chi connectivity index (χ0) is 22.8. The molecule has 1 unspecified atom stereocenters. The van der Waals surface area contributed by atoms with E-state index in [0.29, 0.717) is 37.1 Å². The van der Waals surface area contributed by atoms with Crippen LogP contribution in [0.2, 0.25) is 0 Å². The van der Waals surface area contributed by atoms with E-state index in [0.717, 1.165) is 29.0 Å². The minimum atomic E-state index is -0.595. The molecular weight excluding hydrogens is 428 g/mol. The highest BCUT2D eigenvalue weighted by molar-refractivity contribution is 7.99. The van der Waals surface area contributed by atoms with Crippen molar-refractivity contribution in [1.29, 1.82) is 0 Å². The Hall–Kier alpha value is -2.85. The summed E-state index contributed by atoms with van der Waals surface area (Å²) in [4.78, 5) is 21.7. The highest BCUT2D eigenvalue weighted by atomic mass is 32.2. The summed E-state index contributed by atoms with van der Waals surface area (Å²) in [7, 11) is 1.66. The van der Waals surface area contributed by atoms with Gasteiger partial charge in [-0.15, -0.1) is 0 Å². The number of hydrogen-bond acceptors (Lipinski definition) is 8. The van der Waals surface area contributed by atoms with Crippen LogP contribution in [0.25, 0.3) is 11.0 Å². The van der Waals surface area contributed by atoms with Crippen LogP contribution in [0.5, 0.6) is 5.75 Å². The monoisotopic (exact) mass is 458 g/mol. The van der Waals surface area contributed by atoms with E-state index < -0.39 is 6.10 Å². The standard InChI is InChI=1S/C22H30N6O3S/c1-4-14-32-22-26-19(23-11-13-30-3)18-15-25-28(20(18)27-22)12-10-24-21(29)16(2)31-17-8-6-5-7-9-17/h5-9,15-16H,4,10-14H2,1-3H3,(H,24,29)(H,23,26,27). The maximum atomic E-state index is 12.4. The SMILES string of the molecule is CCCSc1nc(NCCOC)c2cnn(CCNC(=O)C(C)Oc3ccccc3)c2n1. The first-order valence-electron chi connectivity index (χ1n) is 10.7. The first-order chi connectivity index (χ1) is 15.6. The number of carbonyl (C=O) groups is 1. The molecule has 2 aromatic heterocycles. The highest BCUT2D eigenvalue weighted by Crippen LogP contribution is 2.24. The lowest BCUT2D eigenvalue weighted by molar-refractivity contribution is -0.127. The van der Waals surface area contributed by atoms with Crippen molar-refractivity contribution in [3.8, 4) is 5.75 Å². The van der Waals surface area contributed by atoms with Crippen molar-refractivity contribution in [1.82, 2.24) is 25.1 Å². The summed E-state index contributed by atoms with van der Waals surface area (Å²) >= 11 is 1.61. The molecule has 0 aliphatic heterocycles. The molecule has 32 heavy (non-hydrogen) atoms. The van der Waals surface area contributed by atoms with Gasteiger partial charge in [0, 0.05) is 26.0 Å². The smallest absolute Gasteiger partial charge is 0.260 e. The van der Waals surface area contributed by atoms with Crippen LogP contribution in [-0.2, 0) is 16.1 Å². The number of fused-ring (bicyclic) bond motifs is 1. The maximum Gasteiger partial charge on any atom is 0.260 e. The summed E-state index contributed by atoms with van der Waals surface area (Å²) in [5.74, 6) is 2.16. The fraction of sp³-hybridized carbons (Fsp3) is 0.455. The van der Waals surface area contributed by atoms with Gasteiger partial charge in [-0.1, -0.05) is 36.9 Å². The molecule has 1 amide bonds. The van der Waals surface area contributed by atoms with E-state index in [1.165, 1.54) is 0 Å². The molecule has 0 aliphatic carbocycles. The minimum absolute atomic E-state index is 0.180. The molecule has 0 radical (unpaired) electrons. The number of hydrogen-bond donors (Lipinski definition) is 2. The third-order valence-electron chi connectivity index (χ3n) is 4.56. The predicted molar refractivity (Wildman–Crippen MR) is 126 cm³/mol. The van der Waals surface area contributed by atoms with E-state index in [1.54, 1.807) is 36.7 Å². The van der Waals surface area contributed by atoms with Gasteiger partial charge in [-0.25, -0.2) is 14.6 Å². The lowest BCUT2D eigenvalue weighted by Gasteiger charge is -2.14. The molecule has 0 bridgehead atoms. The Balaban J connectivity index is 1.64. The molecule has 1 atom stereocenters. The first-order valence-corrected chi connectivity index (χ1v) is 11.7. The molecule has 3 rings (SSSR count). The summed E-state index contributed by atoms with van der Waals surface area (Å²) in [5, 5.41) is 12.2. The van der Waals surface area contributed by atoms with E-state index in [9.17, 15) is 4.79 Å². The van der Waals surface area contributed by atoms with Crippen molar-refractivity contribution < 1.29 is 14.3 Å². The van der Waals surface area contributed by atoms with Gasteiger partial charge >= 0.3 is 0 Å². The molecule has 3 aromatic rings. The van der Waals surface area contributed by atoms with E-state index >= 15 is 0 Å². The zero-order valence-corrected chi connectivity index (χ0v) is 19.5. The number of anilines is 1. The molecular formula is C22H30N6O3S. The molecule has 2 N–H and O–H groups in total. The number of carbonyl (C=O) groups excluding carboxylic acids is 1. The fourth-order valence-electron chi connectivity index (χ4n) is 2.95. The number of thioether (sulfide) groups is 1. The number of nitrogens with one attached hydrogen (secondary N) is 2. The fourth-order valence-corrected chi connectivity index (χ4v) is 3.64. The number of rotatable bonds is 13.